The molecule has 0 aromatic heterocycles. The molecule has 0 spiro atoms. The van der Waals surface area contributed by atoms with E-state index >= 15 is 0 Å². The quantitative estimate of drug-likeness (QED) is 0.684. The lowest BCUT2D eigenvalue weighted by atomic mass is 10.1. The van der Waals surface area contributed by atoms with Crippen LogP contribution in [0.15, 0.2) is 12.1 Å². The summed E-state index contributed by atoms with van der Waals surface area (Å²) in [5.74, 6) is 0.240. The second-order valence-electron chi connectivity index (χ2n) is 3.38. The second kappa shape index (κ2) is 3.77. The summed E-state index contributed by atoms with van der Waals surface area (Å²) in [7, 11) is 1.55. The van der Waals surface area contributed by atoms with Crippen LogP contribution in [0.1, 0.15) is 16.7 Å². The van der Waals surface area contributed by atoms with Gasteiger partial charge in [0.15, 0.2) is 0 Å². The van der Waals surface area contributed by atoms with Gasteiger partial charge in [0, 0.05) is 12.6 Å². The van der Waals surface area contributed by atoms with Gasteiger partial charge in [-0.05, 0) is 31.0 Å². The summed E-state index contributed by atoms with van der Waals surface area (Å²) in [5.41, 5.74) is 2.92. The third kappa shape index (κ3) is 2.44. The Hall–Kier alpha value is -1.06. The Morgan fingerprint density at radius 3 is 2.31 bits per heavy atom. The van der Waals surface area contributed by atoms with E-state index in [1.165, 1.54) is 0 Å². The van der Waals surface area contributed by atoms with E-state index in [9.17, 15) is 5.11 Å². The molecule has 0 aliphatic carbocycles. The lowest BCUT2D eigenvalue weighted by Crippen LogP contribution is -2.11. The standard InChI is InChI=1S/C10H15NO2/c1-7-4-9(6-11(3)13)10(12)5-8(7)2/h4-5,12-13H,6H2,1-3H3. The Labute approximate surface area is 78.2 Å². The molecule has 3 nitrogen and oxygen atoms in total. The SMILES string of the molecule is Cc1cc(O)c(CN(C)O)cc1C. The normalized spacial score (nSPS) is 10.8. The van der Waals surface area contributed by atoms with Crippen LogP contribution in [0.5, 0.6) is 5.75 Å². The van der Waals surface area contributed by atoms with Gasteiger partial charge < -0.3 is 10.3 Å². The van der Waals surface area contributed by atoms with Crippen molar-refractivity contribution in [1.29, 1.82) is 0 Å². The Balaban J connectivity index is 3.01. The molecule has 0 heterocycles. The minimum Gasteiger partial charge on any atom is -0.508 e. The van der Waals surface area contributed by atoms with Gasteiger partial charge in [-0.1, -0.05) is 6.07 Å². The van der Waals surface area contributed by atoms with Crippen molar-refractivity contribution in [1.82, 2.24) is 5.06 Å². The van der Waals surface area contributed by atoms with Crippen molar-refractivity contribution < 1.29 is 10.3 Å². The molecule has 3 heteroatoms. The van der Waals surface area contributed by atoms with Gasteiger partial charge >= 0.3 is 0 Å². The molecule has 1 aromatic rings. The highest BCUT2D eigenvalue weighted by molar-refractivity contribution is 5.40. The summed E-state index contributed by atoms with van der Waals surface area (Å²) < 4.78 is 0. The van der Waals surface area contributed by atoms with Crippen LogP contribution in [0.2, 0.25) is 0 Å². The first-order valence-corrected chi connectivity index (χ1v) is 4.20. The summed E-state index contributed by atoms with van der Waals surface area (Å²) in [6.07, 6.45) is 0. The highest BCUT2D eigenvalue weighted by atomic mass is 16.5. The Morgan fingerprint density at radius 2 is 1.77 bits per heavy atom. The fourth-order valence-electron chi connectivity index (χ4n) is 1.23. The Bertz CT molecular complexity index is 308. The van der Waals surface area contributed by atoms with Crippen molar-refractivity contribution in [3.05, 3.63) is 28.8 Å². The van der Waals surface area contributed by atoms with Gasteiger partial charge in [0.2, 0.25) is 0 Å². The molecule has 1 rings (SSSR count). The van der Waals surface area contributed by atoms with Gasteiger partial charge in [0.25, 0.3) is 0 Å². The molecular formula is C10H15NO2. The van der Waals surface area contributed by atoms with Crippen molar-refractivity contribution in [2.24, 2.45) is 0 Å². The monoisotopic (exact) mass is 181 g/mol. The number of nitrogens with zero attached hydrogens (tertiary/aromatic N) is 1. The largest absolute Gasteiger partial charge is 0.508 e. The highest BCUT2D eigenvalue weighted by Gasteiger charge is 2.05. The molecular weight excluding hydrogens is 166 g/mol. The van der Waals surface area contributed by atoms with E-state index in [0.29, 0.717) is 6.54 Å². The average Bonchev–Trinajstić information content (AvgIpc) is 1.99. The maximum atomic E-state index is 9.53. The topological polar surface area (TPSA) is 43.7 Å². The molecule has 72 valence electrons. The molecule has 0 radical (unpaired) electrons. The lowest BCUT2D eigenvalue weighted by Gasteiger charge is -2.11. The molecule has 0 saturated carbocycles. The number of aryl methyl sites for hydroxylation is 2. The van der Waals surface area contributed by atoms with Crippen LogP contribution in [-0.2, 0) is 6.54 Å². The molecule has 0 aliphatic rings. The summed E-state index contributed by atoms with van der Waals surface area (Å²) in [4.78, 5) is 0. The van der Waals surface area contributed by atoms with Gasteiger partial charge in [0.05, 0.1) is 6.54 Å². The average molecular weight is 181 g/mol. The summed E-state index contributed by atoms with van der Waals surface area (Å²) in [6, 6.07) is 3.60. The van der Waals surface area contributed by atoms with E-state index in [4.69, 9.17) is 5.21 Å². The van der Waals surface area contributed by atoms with Gasteiger partial charge in [-0.25, -0.2) is 0 Å². The zero-order chi connectivity index (χ0) is 10.0. The molecule has 2 N–H and O–H groups in total. The van der Waals surface area contributed by atoms with E-state index in [2.05, 4.69) is 0 Å². The summed E-state index contributed by atoms with van der Waals surface area (Å²) in [6.45, 7) is 4.27. The van der Waals surface area contributed by atoms with Crippen molar-refractivity contribution >= 4 is 0 Å². The summed E-state index contributed by atoms with van der Waals surface area (Å²) >= 11 is 0. The maximum Gasteiger partial charge on any atom is 0.120 e. The summed E-state index contributed by atoms with van der Waals surface area (Å²) in [5, 5.41) is 19.6. The van der Waals surface area contributed by atoms with E-state index < -0.39 is 0 Å². The molecule has 0 saturated heterocycles. The lowest BCUT2D eigenvalue weighted by molar-refractivity contribution is -0.0735. The Kier molecular flexibility index (Phi) is 2.90. The molecule has 0 unspecified atom stereocenters. The number of hydrogen-bond acceptors (Lipinski definition) is 3. The van der Waals surface area contributed by atoms with E-state index in [0.717, 1.165) is 21.8 Å². The van der Waals surface area contributed by atoms with Crippen molar-refractivity contribution in [3.8, 4) is 5.75 Å². The first-order chi connectivity index (χ1) is 6.00. The Morgan fingerprint density at radius 1 is 1.23 bits per heavy atom. The molecule has 0 fully saturated rings. The number of benzene rings is 1. The number of phenols is 1. The molecule has 0 aliphatic heterocycles. The first-order valence-electron chi connectivity index (χ1n) is 4.20. The van der Waals surface area contributed by atoms with E-state index in [1.807, 2.05) is 19.9 Å². The van der Waals surface area contributed by atoms with Crippen LogP contribution >= 0.6 is 0 Å². The van der Waals surface area contributed by atoms with Gasteiger partial charge in [0.1, 0.15) is 5.75 Å². The van der Waals surface area contributed by atoms with Gasteiger partial charge in [-0.2, -0.15) is 5.06 Å². The van der Waals surface area contributed by atoms with Crippen LogP contribution in [0.4, 0.5) is 0 Å². The number of aromatic hydroxyl groups is 1. The smallest absolute Gasteiger partial charge is 0.120 e. The fourth-order valence-corrected chi connectivity index (χ4v) is 1.23. The minimum atomic E-state index is 0.240. The number of hydrogen-bond donors (Lipinski definition) is 2. The maximum absolute atomic E-state index is 9.53. The van der Waals surface area contributed by atoms with E-state index in [1.54, 1.807) is 13.1 Å². The van der Waals surface area contributed by atoms with Crippen molar-refractivity contribution in [3.63, 3.8) is 0 Å². The number of hydroxylamine groups is 2. The van der Waals surface area contributed by atoms with Crippen LogP contribution < -0.4 is 0 Å². The van der Waals surface area contributed by atoms with Crippen molar-refractivity contribution in [2.75, 3.05) is 7.05 Å². The van der Waals surface area contributed by atoms with Crippen LogP contribution in [0.25, 0.3) is 0 Å². The third-order valence-electron chi connectivity index (χ3n) is 2.09. The molecule has 0 bridgehead atoms. The molecule has 0 atom stereocenters. The van der Waals surface area contributed by atoms with Crippen LogP contribution in [0.3, 0.4) is 0 Å². The zero-order valence-corrected chi connectivity index (χ0v) is 8.20. The predicted octanol–water partition coefficient (Wildman–Crippen LogP) is 1.83. The third-order valence-corrected chi connectivity index (χ3v) is 2.09. The van der Waals surface area contributed by atoms with Gasteiger partial charge in [-0.15, -0.1) is 0 Å². The van der Waals surface area contributed by atoms with Crippen LogP contribution in [-0.4, -0.2) is 22.4 Å². The fraction of sp³-hybridized carbons (Fsp3) is 0.400. The molecule has 13 heavy (non-hydrogen) atoms. The predicted molar refractivity (Wildman–Crippen MR) is 50.8 cm³/mol. The number of rotatable bonds is 2. The highest BCUT2D eigenvalue weighted by Crippen LogP contribution is 2.22. The molecule has 0 amide bonds. The first kappa shape index (κ1) is 10.0. The van der Waals surface area contributed by atoms with Crippen LogP contribution in [0, 0.1) is 13.8 Å². The molecule has 1 aromatic carbocycles. The minimum absolute atomic E-state index is 0.240. The number of phenolic OH excluding ortho intramolecular Hbond substituents is 1. The van der Waals surface area contributed by atoms with E-state index in [-0.39, 0.29) is 5.75 Å². The van der Waals surface area contributed by atoms with Gasteiger partial charge in [-0.3, -0.25) is 0 Å². The second-order valence-corrected chi connectivity index (χ2v) is 3.38. The van der Waals surface area contributed by atoms with Crippen molar-refractivity contribution in [2.45, 2.75) is 20.4 Å². The zero-order valence-electron chi connectivity index (χ0n) is 8.20.